The lowest BCUT2D eigenvalue weighted by atomic mass is 9.95. The van der Waals surface area contributed by atoms with Crippen LogP contribution < -0.4 is 5.32 Å². The summed E-state index contributed by atoms with van der Waals surface area (Å²) in [5, 5.41) is 3.33. The predicted octanol–water partition coefficient (Wildman–Crippen LogP) is 2.64. The van der Waals surface area contributed by atoms with Crippen LogP contribution in [0.4, 0.5) is 0 Å². The Bertz CT molecular complexity index is 228. The minimum absolute atomic E-state index is 0.0452. The fourth-order valence-corrected chi connectivity index (χ4v) is 2.92. The van der Waals surface area contributed by atoms with Gasteiger partial charge in [0.15, 0.2) is 0 Å². The molecule has 0 aromatic carbocycles. The Hall–Kier alpha value is -0.570. The SMILES string of the molecule is O=C(CC1CCNCC1)OC1CCCCCC1. The summed E-state index contributed by atoms with van der Waals surface area (Å²) in [5.74, 6) is 0.596. The summed E-state index contributed by atoms with van der Waals surface area (Å²) in [6, 6.07) is 0. The summed E-state index contributed by atoms with van der Waals surface area (Å²) in [5.41, 5.74) is 0. The van der Waals surface area contributed by atoms with Gasteiger partial charge in [0.25, 0.3) is 0 Å². The van der Waals surface area contributed by atoms with E-state index in [0.29, 0.717) is 12.3 Å². The molecule has 0 atom stereocenters. The van der Waals surface area contributed by atoms with Crippen molar-refractivity contribution in [3.8, 4) is 0 Å². The number of ether oxygens (including phenoxy) is 1. The van der Waals surface area contributed by atoms with Crippen molar-refractivity contribution in [2.45, 2.75) is 63.9 Å². The molecule has 2 fully saturated rings. The van der Waals surface area contributed by atoms with Crippen molar-refractivity contribution in [1.82, 2.24) is 5.32 Å². The summed E-state index contributed by atoms with van der Waals surface area (Å²) in [4.78, 5) is 11.8. The Labute approximate surface area is 104 Å². The molecule has 1 heterocycles. The van der Waals surface area contributed by atoms with Gasteiger partial charge < -0.3 is 10.1 Å². The molecule has 1 aliphatic carbocycles. The zero-order chi connectivity index (χ0) is 11.9. The van der Waals surface area contributed by atoms with Crippen LogP contribution in [0.15, 0.2) is 0 Å². The van der Waals surface area contributed by atoms with E-state index in [1.165, 1.54) is 25.7 Å². The molecule has 2 aliphatic rings. The molecular weight excluding hydrogens is 214 g/mol. The standard InChI is InChI=1S/C14H25NO2/c16-14(11-12-7-9-15-10-8-12)17-13-5-3-1-2-4-6-13/h12-13,15H,1-11H2. The van der Waals surface area contributed by atoms with Crippen molar-refractivity contribution >= 4 is 5.97 Å². The lowest BCUT2D eigenvalue weighted by molar-refractivity contribution is -0.151. The van der Waals surface area contributed by atoms with E-state index < -0.39 is 0 Å². The van der Waals surface area contributed by atoms with Gasteiger partial charge in [-0.1, -0.05) is 12.8 Å². The summed E-state index contributed by atoms with van der Waals surface area (Å²) >= 11 is 0. The van der Waals surface area contributed by atoms with Gasteiger partial charge >= 0.3 is 5.97 Å². The third kappa shape index (κ3) is 4.66. The van der Waals surface area contributed by atoms with E-state index in [1.807, 2.05) is 0 Å². The van der Waals surface area contributed by atoms with Crippen LogP contribution in [-0.4, -0.2) is 25.2 Å². The summed E-state index contributed by atoms with van der Waals surface area (Å²) < 4.78 is 5.61. The maximum absolute atomic E-state index is 11.8. The second-order valence-electron chi connectivity index (χ2n) is 5.50. The molecule has 0 radical (unpaired) electrons. The highest BCUT2D eigenvalue weighted by Crippen LogP contribution is 2.22. The van der Waals surface area contributed by atoms with E-state index in [9.17, 15) is 4.79 Å². The molecule has 2 rings (SSSR count). The molecular formula is C14H25NO2. The first-order chi connectivity index (χ1) is 8.34. The summed E-state index contributed by atoms with van der Waals surface area (Å²) in [6.45, 7) is 2.11. The third-order valence-electron chi connectivity index (χ3n) is 4.01. The summed E-state index contributed by atoms with van der Waals surface area (Å²) in [6.07, 6.45) is 10.3. The number of nitrogens with one attached hydrogen (secondary N) is 1. The van der Waals surface area contributed by atoms with Crippen molar-refractivity contribution < 1.29 is 9.53 Å². The molecule has 0 spiro atoms. The Morgan fingerprint density at radius 1 is 1.00 bits per heavy atom. The Morgan fingerprint density at radius 3 is 2.29 bits per heavy atom. The Kier molecular flexibility index (Phi) is 5.30. The third-order valence-corrected chi connectivity index (χ3v) is 4.01. The molecule has 98 valence electrons. The van der Waals surface area contributed by atoms with Gasteiger partial charge in [-0.05, 0) is 57.5 Å². The van der Waals surface area contributed by atoms with Gasteiger partial charge in [-0.15, -0.1) is 0 Å². The minimum atomic E-state index is 0.0452. The number of hydrogen-bond donors (Lipinski definition) is 1. The lowest BCUT2D eigenvalue weighted by Crippen LogP contribution is -2.30. The van der Waals surface area contributed by atoms with Gasteiger partial charge in [-0.2, -0.15) is 0 Å². The Balaban J connectivity index is 1.68. The van der Waals surface area contributed by atoms with Crippen molar-refractivity contribution in [2.24, 2.45) is 5.92 Å². The molecule has 0 bridgehead atoms. The van der Waals surface area contributed by atoms with E-state index in [4.69, 9.17) is 4.74 Å². The first-order valence-corrected chi connectivity index (χ1v) is 7.25. The van der Waals surface area contributed by atoms with Gasteiger partial charge in [0, 0.05) is 6.42 Å². The molecule has 3 nitrogen and oxygen atoms in total. The molecule has 17 heavy (non-hydrogen) atoms. The van der Waals surface area contributed by atoms with Crippen molar-refractivity contribution in [2.75, 3.05) is 13.1 Å². The maximum Gasteiger partial charge on any atom is 0.306 e. The lowest BCUT2D eigenvalue weighted by Gasteiger charge is -2.23. The fourth-order valence-electron chi connectivity index (χ4n) is 2.92. The van der Waals surface area contributed by atoms with Crippen LogP contribution in [0, 0.1) is 5.92 Å². The molecule has 1 saturated heterocycles. The highest BCUT2D eigenvalue weighted by molar-refractivity contribution is 5.69. The maximum atomic E-state index is 11.8. The van der Waals surface area contributed by atoms with Crippen LogP contribution in [0.3, 0.4) is 0 Å². The molecule has 0 aromatic rings. The number of carbonyl (C=O) groups is 1. The number of piperidine rings is 1. The Morgan fingerprint density at radius 2 is 1.65 bits per heavy atom. The van der Waals surface area contributed by atoms with Crippen molar-refractivity contribution in [3.63, 3.8) is 0 Å². The van der Waals surface area contributed by atoms with Crippen LogP contribution in [0.25, 0.3) is 0 Å². The van der Waals surface area contributed by atoms with E-state index in [-0.39, 0.29) is 12.1 Å². The molecule has 1 saturated carbocycles. The van der Waals surface area contributed by atoms with E-state index >= 15 is 0 Å². The first-order valence-electron chi connectivity index (χ1n) is 7.25. The van der Waals surface area contributed by atoms with E-state index in [1.54, 1.807) is 0 Å². The molecule has 3 heteroatoms. The zero-order valence-corrected chi connectivity index (χ0v) is 10.7. The molecule has 0 unspecified atom stereocenters. The number of rotatable bonds is 3. The van der Waals surface area contributed by atoms with Crippen molar-refractivity contribution in [1.29, 1.82) is 0 Å². The fraction of sp³-hybridized carbons (Fsp3) is 0.929. The van der Waals surface area contributed by atoms with Crippen LogP contribution in [0.2, 0.25) is 0 Å². The highest BCUT2D eigenvalue weighted by atomic mass is 16.5. The van der Waals surface area contributed by atoms with Gasteiger partial charge in [-0.25, -0.2) is 0 Å². The normalized spacial score (nSPS) is 24.2. The van der Waals surface area contributed by atoms with Gasteiger partial charge in [0.1, 0.15) is 6.10 Å². The molecule has 0 aromatic heterocycles. The monoisotopic (exact) mass is 239 g/mol. The largest absolute Gasteiger partial charge is 0.462 e. The van der Waals surface area contributed by atoms with Gasteiger partial charge in [-0.3, -0.25) is 4.79 Å². The van der Waals surface area contributed by atoms with Crippen LogP contribution >= 0.6 is 0 Å². The number of carbonyl (C=O) groups excluding carboxylic acids is 1. The van der Waals surface area contributed by atoms with E-state index in [0.717, 1.165) is 38.8 Å². The average molecular weight is 239 g/mol. The van der Waals surface area contributed by atoms with Crippen LogP contribution in [0.1, 0.15) is 57.8 Å². The zero-order valence-electron chi connectivity index (χ0n) is 10.7. The molecule has 1 N–H and O–H groups in total. The second kappa shape index (κ2) is 7.00. The number of hydrogen-bond acceptors (Lipinski definition) is 3. The topological polar surface area (TPSA) is 38.3 Å². The minimum Gasteiger partial charge on any atom is -0.462 e. The second-order valence-corrected chi connectivity index (χ2v) is 5.50. The van der Waals surface area contributed by atoms with E-state index in [2.05, 4.69) is 5.32 Å². The number of esters is 1. The quantitative estimate of drug-likeness (QED) is 0.608. The van der Waals surface area contributed by atoms with Crippen molar-refractivity contribution in [3.05, 3.63) is 0 Å². The summed E-state index contributed by atoms with van der Waals surface area (Å²) in [7, 11) is 0. The van der Waals surface area contributed by atoms with Gasteiger partial charge in [0.2, 0.25) is 0 Å². The highest BCUT2D eigenvalue weighted by Gasteiger charge is 2.21. The van der Waals surface area contributed by atoms with Crippen LogP contribution in [-0.2, 0) is 9.53 Å². The van der Waals surface area contributed by atoms with Crippen LogP contribution in [0.5, 0.6) is 0 Å². The van der Waals surface area contributed by atoms with Gasteiger partial charge in [0.05, 0.1) is 0 Å². The molecule has 0 amide bonds. The average Bonchev–Trinajstić information content (AvgIpc) is 2.59. The molecule has 1 aliphatic heterocycles. The smallest absolute Gasteiger partial charge is 0.306 e. The predicted molar refractivity (Wildman–Crippen MR) is 67.8 cm³/mol. The first kappa shape index (κ1) is 12.9.